The highest BCUT2D eigenvalue weighted by molar-refractivity contribution is 7.97. The van der Waals surface area contributed by atoms with Crippen LogP contribution in [0.25, 0.3) is 22.4 Å². The third kappa shape index (κ3) is 3.50. The number of hydrogen-bond donors (Lipinski definition) is 1. The number of aromatic nitrogens is 3. The molecule has 0 radical (unpaired) electrons. The van der Waals surface area contributed by atoms with Crippen molar-refractivity contribution in [1.29, 1.82) is 5.26 Å². The van der Waals surface area contributed by atoms with Crippen molar-refractivity contribution in [1.82, 2.24) is 14.5 Å². The molecule has 3 rings (SSSR count). The van der Waals surface area contributed by atoms with Crippen LogP contribution in [0.15, 0.2) is 35.4 Å². The minimum absolute atomic E-state index is 0.0558. The standard InChI is InChI=1S/C18H15F3N4O2S/c1-3-28(26,27)15-8-11(6-7-22)4-5-12(15)17-24-13-9-16(18(19,20)21)23-10-14(13)25(17)2/h4-5,8-10H,3,6H2,1-2H3/p+1. The number of pyridine rings is 1. The average Bonchev–Trinajstić information content (AvgIpc) is 2.97. The van der Waals surface area contributed by atoms with Crippen molar-refractivity contribution in [2.24, 2.45) is 7.05 Å². The zero-order chi connectivity index (χ0) is 20.7. The molecule has 0 amide bonds. The van der Waals surface area contributed by atoms with E-state index >= 15 is 0 Å². The summed E-state index contributed by atoms with van der Waals surface area (Å²) in [6, 6.07) is 7.50. The summed E-state index contributed by atoms with van der Waals surface area (Å²) >= 11 is 0. The topological polar surface area (TPSA) is 91.8 Å². The molecule has 0 saturated carbocycles. The summed E-state index contributed by atoms with van der Waals surface area (Å²) in [6.07, 6.45) is -3.46. The van der Waals surface area contributed by atoms with Gasteiger partial charge in [0.25, 0.3) is 0 Å². The van der Waals surface area contributed by atoms with Crippen LogP contribution in [0.1, 0.15) is 18.2 Å². The van der Waals surface area contributed by atoms with E-state index in [2.05, 4.69) is 9.97 Å². The van der Waals surface area contributed by atoms with Crippen molar-refractivity contribution in [3.63, 3.8) is 0 Å². The SMILES string of the molecule is CC[S+](=O)(O)c1cc(CC#N)ccc1-c1nc2cc(C(F)(F)F)ncc2n1C. The van der Waals surface area contributed by atoms with E-state index in [-0.39, 0.29) is 28.4 Å². The highest BCUT2D eigenvalue weighted by Gasteiger charge is 2.34. The Labute approximate surface area is 159 Å². The van der Waals surface area contributed by atoms with Crippen LogP contribution in [-0.2, 0) is 34.1 Å². The fourth-order valence-corrected chi connectivity index (χ4v) is 4.01. The van der Waals surface area contributed by atoms with E-state index in [1.165, 1.54) is 10.6 Å². The van der Waals surface area contributed by atoms with Gasteiger partial charge in [-0.15, -0.1) is 0 Å². The number of rotatable bonds is 4. The molecule has 0 aliphatic heterocycles. The van der Waals surface area contributed by atoms with Gasteiger partial charge in [0.15, 0.2) is 0 Å². The molecule has 146 valence electrons. The van der Waals surface area contributed by atoms with Crippen LogP contribution >= 0.6 is 0 Å². The Balaban J connectivity index is 2.26. The molecule has 2 aromatic heterocycles. The van der Waals surface area contributed by atoms with Crippen LogP contribution in [0, 0.1) is 11.3 Å². The van der Waals surface area contributed by atoms with E-state index in [0.717, 1.165) is 12.3 Å². The highest BCUT2D eigenvalue weighted by atomic mass is 32.3. The normalized spacial score (nSPS) is 14.0. The maximum atomic E-state index is 12.9. The summed E-state index contributed by atoms with van der Waals surface area (Å²) in [5, 5.41) is 8.89. The molecule has 1 N–H and O–H groups in total. The predicted molar refractivity (Wildman–Crippen MR) is 97.8 cm³/mol. The van der Waals surface area contributed by atoms with Crippen LogP contribution in [0.4, 0.5) is 13.2 Å². The quantitative estimate of drug-likeness (QED) is 0.656. The number of nitrogens with zero attached hydrogens (tertiary/aromatic N) is 4. The summed E-state index contributed by atoms with van der Waals surface area (Å²) in [5.74, 6) is 0.185. The number of halogens is 3. The monoisotopic (exact) mass is 409 g/mol. The lowest BCUT2D eigenvalue weighted by atomic mass is 10.1. The van der Waals surface area contributed by atoms with Gasteiger partial charge >= 0.3 is 6.18 Å². The van der Waals surface area contributed by atoms with E-state index in [1.807, 2.05) is 6.07 Å². The fraction of sp³-hybridized carbons (Fsp3) is 0.278. The molecule has 0 bridgehead atoms. The van der Waals surface area contributed by atoms with Gasteiger partial charge < -0.3 is 4.57 Å². The maximum Gasteiger partial charge on any atom is 0.433 e. The molecule has 10 heteroatoms. The van der Waals surface area contributed by atoms with Gasteiger partial charge in [-0.3, -0.25) is 0 Å². The second kappa shape index (κ2) is 7.00. The molecule has 1 atom stereocenters. The summed E-state index contributed by atoms with van der Waals surface area (Å²) in [4.78, 5) is 7.81. The van der Waals surface area contributed by atoms with Gasteiger partial charge in [0, 0.05) is 13.1 Å². The number of fused-ring (bicyclic) bond motifs is 1. The Kier molecular flexibility index (Phi) is 4.99. The van der Waals surface area contributed by atoms with Crippen molar-refractivity contribution >= 4 is 21.2 Å². The number of alkyl halides is 3. The Hall–Kier alpha value is -2.77. The molecule has 28 heavy (non-hydrogen) atoms. The van der Waals surface area contributed by atoms with Gasteiger partial charge in [-0.1, -0.05) is 10.3 Å². The summed E-state index contributed by atoms with van der Waals surface area (Å²) in [5.41, 5.74) is 0.261. The third-order valence-corrected chi connectivity index (χ3v) is 6.17. The molecular formula is C18H16F3N4O2S+. The van der Waals surface area contributed by atoms with Crippen LogP contribution in [0.3, 0.4) is 0 Å². The number of hydrogen-bond acceptors (Lipinski definition) is 4. The first-order valence-electron chi connectivity index (χ1n) is 8.22. The Morgan fingerprint density at radius 3 is 2.64 bits per heavy atom. The lowest BCUT2D eigenvalue weighted by Gasteiger charge is -2.10. The molecule has 0 fully saturated rings. The molecule has 0 saturated heterocycles. The second-order valence-electron chi connectivity index (χ2n) is 6.14. The summed E-state index contributed by atoms with van der Waals surface area (Å²) < 4.78 is 63.4. The van der Waals surface area contributed by atoms with Gasteiger partial charge in [0.05, 0.1) is 35.3 Å². The van der Waals surface area contributed by atoms with Gasteiger partial charge in [0.1, 0.15) is 17.3 Å². The van der Waals surface area contributed by atoms with E-state index in [1.54, 1.807) is 26.1 Å². The predicted octanol–water partition coefficient (Wildman–Crippen LogP) is 4.07. The molecule has 1 unspecified atom stereocenters. The maximum absolute atomic E-state index is 12.9. The lowest BCUT2D eigenvalue weighted by Crippen LogP contribution is -2.15. The van der Waals surface area contributed by atoms with Gasteiger partial charge in [0.2, 0.25) is 15.1 Å². The Bertz CT molecular complexity index is 1150. The molecule has 3 aromatic rings. The van der Waals surface area contributed by atoms with E-state index in [0.29, 0.717) is 16.6 Å². The summed E-state index contributed by atoms with van der Waals surface area (Å²) in [7, 11) is -1.82. The first-order valence-corrected chi connectivity index (χ1v) is 9.91. The fourth-order valence-electron chi connectivity index (χ4n) is 2.86. The molecular weight excluding hydrogens is 393 g/mol. The van der Waals surface area contributed by atoms with Crippen molar-refractivity contribution in [3.05, 3.63) is 41.7 Å². The third-order valence-electron chi connectivity index (χ3n) is 4.36. The largest absolute Gasteiger partial charge is 0.433 e. The first kappa shape index (κ1) is 20.0. The van der Waals surface area contributed by atoms with Crippen LogP contribution < -0.4 is 0 Å². The number of nitriles is 1. The van der Waals surface area contributed by atoms with Crippen LogP contribution in [0.2, 0.25) is 0 Å². The van der Waals surface area contributed by atoms with Gasteiger partial charge in [-0.05, 0) is 24.6 Å². The van der Waals surface area contributed by atoms with E-state index in [4.69, 9.17) is 5.26 Å². The number of aryl methyl sites for hydroxylation is 1. The van der Waals surface area contributed by atoms with E-state index < -0.39 is 22.1 Å². The zero-order valence-corrected chi connectivity index (χ0v) is 15.8. The Morgan fingerprint density at radius 2 is 2.04 bits per heavy atom. The smallest absolute Gasteiger partial charge is 0.326 e. The molecule has 0 aliphatic rings. The summed E-state index contributed by atoms with van der Waals surface area (Å²) in [6.45, 7) is 1.55. The number of benzene rings is 1. The molecule has 0 aliphatic carbocycles. The van der Waals surface area contributed by atoms with Crippen molar-refractivity contribution in [2.75, 3.05) is 5.75 Å². The van der Waals surface area contributed by atoms with E-state index in [9.17, 15) is 21.9 Å². The molecule has 1 aromatic carbocycles. The average molecular weight is 409 g/mol. The van der Waals surface area contributed by atoms with Crippen molar-refractivity contribution < 1.29 is 21.9 Å². The van der Waals surface area contributed by atoms with Gasteiger partial charge in [-0.2, -0.15) is 23.0 Å². The molecule has 0 spiro atoms. The first-order chi connectivity index (χ1) is 13.1. The second-order valence-corrected chi connectivity index (χ2v) is 8.44. The van der Waals surface area contributed by atoms with Gasteiger partial charge in [-0.25, -0.2) is 9.97 Å². The van der Waals surface area contributed by atoms with Crippen LogP contribution in [0.5, 0.6) is 0 Å². The highest BCUT2D eigenvalue weighted by Crippen LogP contribution is 2.34. The Morgan fingerprint density at radius 1 is 1.32 bits per heavy atom. The number of imidazole rings is 1. The van der Waals surface area contributed by atoms with Crippen molar-refractivity contribution in [3.8, 4) is 17.5 Å². The lowest BCUT2D eigenvalue weighted by molar-refractivity contribution is -0.141. The van der Waals surface area contributed by atoms with Crippen molar-refractivity contribution in [2.45, 2.75) is 24.4 Å². The molecule has 6 nitrogen and oxygen atoms in total. The molecule has 2 heterocycles. The van der Waals surface area contributed by atoms with Crippen LogP contribution in [-0.4, -0.2) is 24.8 Å². The minimum Gasteiger partial charge on any atom is -0.326 e. The minimum atomic E-state index is -4.60. The zero-order valence-electron chi connectivity index (χ0n) is 15.0.